The number of fused-ring (bicyclic) bond motifs is 1. The number of thiophene rings is 1. The second-order valence-corrected chi connectivity index (χ2v) is 5.71. The SMILES string of the molecule is O=C(NCc1cccs1)N1CCc2ccccc2C1. The maximum Gasteiger partial charge on any atom is 0.318 e. The molecule has 3 rings (SSSR count). The van der Waals surface area contributed by atoms with Crippen LogP contribution in [-0.4, -0.2) is 17.5 Å². The Kier molecular flexibility index (Phi) is 3.51. The van der Waals surface area contributed by atoms with E-state index in [1.807, 2.05) is 28.5 Å². The Bertz CT molecular complexity index is 565. The van der Waals surface area contributed by atoms with Crippen molar-refractivity contribution in [2.45, 2.75) is 19.5 Å². The summed E-state index contributed by atoms with van der Waals surface area (Å²) in [7, 11) is 0. The van der Waals surface area contributed by atoms with Gasteiger partial charge in [-0.2, -0.15) is 0 Å². The molecular formula is C15H16N2OS. The van der Waals surface area contributed by atoms with Crippen LogP contribution in [0.1, 0.15) is 16.0 Å². The number of hydrogen-bond acceptors (Lipinski definition) is 2. The molecule has 0 unspecified atom stereocenters. The van der Waals surface area contributed by atoms with Gasteiger partial charge in [-0.3, -0.25) is 0 Å². The van der Waals surface area contributed by atoms with Gasteiger partial charge in [-0.15, -0.1) is 11.3 Å². The minimum absolute atomic E-state index is 0.0305. The highest BCUT2D eigenvalue weighted by Crippen LogP contribution is 2.18. The van der Waals surface area contributed by atoms with Crippen LogP contribution in [0.15, 0.2) is 41.8 Å². The second-order valence-electron chi connectivity index (χ2n) is 4.68. The molecule has 0 bridgehead atoms. The maximum absolute atomic E-state index is 12.1. The molecule has 0 atom stereocenters. The Morgan fingerprint density at radius 3 is 2.84 bits per heavy atom. The van der Waals surface area contributed by atoms with Gasteiger partial charge in [0.25, 0.3) is 0 Å². The first-order valence-electron chi connectivity index (χ1n) is 6.45. The molecule has 0 saturated carbocycles. The van der Waals surface area contributed by atoms with Crippen molar-refractivity contribution in [3.8, 4) is 0 Å². The minimum Gasteiger partial charge on any atom is -0.333 e. The molecule has 1 aromatic heterocycles. The predicted octanol–water partition coefficient (Wildman–Crippen LogP) is 3.02. The molecule has 2 amide bonds. The summed E-state index contributed by atoms with van der Waals surface area (Å²) in [5.41, 5.74) is 2.63. The lowest BCUT2D eigenvalue weighted by atomic mass is 10.0. The number of carbonyl (C=O) groups excluding carboxylic acids is 1. The van der Waals surface area contributed by atoms with Crippen LogP contribution < -0.4 is 5.32 Å². The number of benzene rings is 1. The fourth-order valence-corrected chi connectivity index (χ4v) is 3.00. The van der Waals surface area contributed by atoms with Gasteiger partial charge in [0.1, 0.15) is 0 Å². The smallest absolute Gasteiger partial charge is 0.318 e. The standard InChI is InChI=1S/C15H16N2OS/c18-15(16-10-14-6-3-9-19-14)17-8-7-12-4-1-2-5-13(12)11-17/h1-6,9H,7-8,10-11H2,(H,16,18). The number of amides is 2. The van der Waals surface area contributed by atoms with E-state index in [9.17, 15) is 4.79 Å². The molecule has 1 aliphatic rings. The van der Waals surface area contributed by atoms with Gasteiger partial charge >= 0.3 is 6.03 Å². The Morgan fingerprint density at radius 2 is 2.05 bits per heavy atom. The lowest BCUT2D eigenvalue weighted by molar-refractivity contribution is 0.192. The summed E-state index contributed by atoms with van der Waals surface area (Å²) in [5, 5.41) is 5.01. The molecule has 0 radical (unpaired) electrons. The summed E-state index contributed by atoms with van der Waals surface area (Å²) < 4.78 is 0. The Balaban J connectivity index is 1.60. The van der Waals surface area contributed by atoms with Gasteiger partial charge in [-0.1, -0.05) is 30.3 Å². The Labute approximate surface area is 116 Å². The zero-order valence-electron chi connectivity index (χ0n) is 10.6. The highest BCUT2D eigenvalue weighted by molar-refractivity contribution is 7.09. The molecule has 3 nitrogen and oxygen atoms in total. The van der Waals surface area contributed by atoms with Gasteiger partial charge < -0.3 is 10.2 Å². The topological polar surface area (TPSA) is 32.3 Å². The van der Waals surface area contributed by atoms with E-state index in [0.29, 0.717) is 13.1 Å². The summed E-state index contributed by atoms with van der Waals surface area (Å²) >= 11 is 1.67. The van der Waals surface area contributed by atoms with Crippen LogP contribution in [0.25, 0.3) is 0 Å². The van der Waals surface area contributed by atoms with Gasteiger partial charge in [0, 0.05) is 18.0 Å². The van der Waals surface area contributed by atoms with E-state index in [-0.39, 0.29) is 6.03 Å². The highest BCUT2D eigenvalue weighted by Gasteiger charge is 2.19. The molecule has 4 heteroatoms. The van der Waals surface area contributed by atoms with E-state index < -0.39 is 0 Å². The van der Waals surface area contributed by atoms with Gasteiger partial charge in [0.05, 0.1) is 6.54 Å². The van der Waals surface area contributed by atoms with Crippen molar-refractivity contribution in [3.05, 3.63) is 57.8 Å². The molecule has 0 spiro atoms. The molecule has 2 heterocycles. The first kappa shape index (κ1) is 12.2. The lowest BCUT2D eigenvalue weighted by Crippen LogP contribution is -2.42. The van der Waals surface area contributed by atoms with Crippen LogP contribution in [-0.2, 0) is 19.5 Å². The third-order valence-corrected chi connectivity index (χ3v) is 4.29. The van der Waals surface area contributed by atoms with Gasteiger partial charge in [0.2, 0.25) is 0 Å². The second kappa shape index (κ2) is 5.45. The molecular weight excluding hydrogens is 256 g/mol. The van der Waals surface area contributed by atoms with E-state index in [0.717, 1.165) is 13.0 Å². The Morgan fingerprint density at radius 1 is 1.21 bits per heavy atom. The molecule has 1 aromatic carbocycles. The van der Waals surface area contributed by atoms with Gasteiger partial charge in [0.15, 0.2) is 0 Å². The first-order valence-corrected chi connectivity index (χ1v) is 7.33. The van der Waals surface area contributed by atoms with Crippen LogP contribution in [0.4, 0.5) is 4.79 Å². The number of hydrogen-bond donors (Lipinski definition) is 1. The number of urea groups is 1. The minimum atomic E-state index is 0.0305. The molecule has 0 fully saturated rings. The van der Waals surface area contributed by atoms with Gasteiger partial charge in [-0.25, -0.2) is 4.79 Å². The third-order valence-electron chi connectivity index (χ3n) is 3.41. The summed E-state index contributed by atoms with van der Waals surface area (Å²) in [6.45, 7) is 2.13. The zero-order chi connectivity index (χ0) is 13.1. The quantitative estimate of drug-likeness (QED) is 0.895. The van der Waals surface area contributed by atoms with E-state index in [1.54, 1.807) is 11.3 Å². The summed E-state index contributed by atoms with van der Waals surface area (Å²) in [4.78, 5) is 15.2. The average molecular weight is 272 g/mol. The van der Waals surface area contributed by atoms with Crippen molar-refractivity contribution in [3.63, 3.8) is 0 Å². The van der Waals surface area contributed by atoms with Crippen molar-refractivity contribution >= 4 is 17.4 Å². The van der Waals surface area contributed by atoms with Crippen LogP contribution in [0.3, 0.4) is 0 Å². The van der Waals surface area contributed by atoms with Crippen LogP contribution in [0.2, 0.25) is 0 Å². The van der Waals surface area contributed by atoms with Crippen LogP contribution >= 0.6 is 11.3 Å². The third kappa shape index (κ3) is 2.79. The molecule has 1 N–H and O–H groups in total. The van der Waals surface area contributed by atoms with E-state index in [2.05, 4.69) is 23.5 Å². The monoisotopic (exact) mass is 272 g/mol. The van der Waals surface area contributed by atoms with Crippen molar-refractivity contribution in [1.29, 1.82) is 0 Å². The summed E-state index contributed by atoms with van der Waals surface area (Å²) in [5.74, 6) is 0. The summed E-state index contributed by atoms with van der Waals surface area (Å²) in [6, 6.07) is 12.4. The molecule has 19 heavy (non-hydrogen) atoms. The fraction of sp³-hybridized carbons (Fsp3) is 0.267. The zero-order valence-corrected chi connectivity index (χ0v) is 11.5. The van der Waals surface area contributed by atoms with Gasteiger partial charge in [-0.05, 0) is 29.0 Å². The number of rotatable bonds is 2. The van der Waals surface area contributed by atoms with Crippen molar-refractivity contribution in [2.24, 2.45) is 0 Å². The highest BCUT2D eigenvalue weighted by atomic mass is 32.1. The fourth-order valence-electron chi connectivity index (χ4n) is 2.36. The lowest BCUT2D eigenvalue weighted by Gasteiger charge is -2.28. The molecule has 0 saturated heterocycles. The normalized spacial score (nSPS) is 14.0. The van der Waals surface area contributed by atoms with E-state index in [4.69, 9.17) is 0 Å². The first-order chi connectivity index (χ1) is 9.33. The Hall–Kier alpha value is -1.81. The predicted molar refractivity (Wildman–Crippen MR) is 77.1 cm³/mol. The number of carbonyl (C=O) groups is 1. The van der Waals surface area contributed by atoms with Crippen molar-refractivity contribution in [2.75, 3.05) is 6.54 Å². The largest absolute Gasteiger partial charge is 0.333 e. The molecule has 2 aromatic rings. The molecule has 1 aliphatic heterocycles. The maximum atomic E-state index is 12.1. The number of nitrogens with zero attached hydrogens (tertiary/aromatic N) is 1. The molecule has 0 aliphatic carbocycles. The van der Waals surface area contributed by atoms with Crippen LogP contribution in [0.5, 0.6) is 0 Å². The summed E-state index contributed by atoms with van der Waals surface area (Å²) in [6.07, 6.45) is 0.947. The van der Waals surface area contributed by atoms with E-state index in [1.165, 1.54) is 16.0 Å². The van der Waals surface area contributed by atoms with Crippen molar-refractivity contribution < 1.29 is 4.79 Å². The number of nitrogens with one attached hydrogen (secondary N) is 1. The molecule has 98 valence electrons. The average Bonchev–Trinajstić information content (AvgIpc) is 2.97. The van der Waals surface area contributed by atoms with Crippen molar-refractivity contribution in [1.82, 2.24) is 10.2 Å². The van der Waals surface area contributed by atoms with E-state index >= 15 is 0 Å². The van der Waals surface area contributed by atoms with Crippen LogP contribution in [0, 0.1) is 0 Å².